The van der Waals surface area contributed by atoms with E-state index in [9.17, 15) is 13.2 Å². The summed E-state index contributed by atoms with van der Waals surface area (Å²) in [6, 6.07) is 7.45. The minimum Gasteiger partial charge on any atom is -0.322 e. The van der Waals surface area contributed by atoms with E-state index in [0.29, 0.717) is 5.56 Å². The average Bonchev–Trinajstić information content (AvgIpc) is 2.29. The Morgan fingerprint density at radius 2 is 1.95 bits per heavy atom. The highest BCUT2D eigenvalue weighted by molar-refractivity contribution is 7.88. The molecule has 2 aromatic rings. The van der Waals surface area contributed by atoms with Gasteiger partial charge in [0.15, 0.2) is 0 Å². The summed E-state index contributed by atoms with van der Waals surface area (Å²) in [6.07, 6.45) is 1.12. The third-order valence-electron chi connectivity index (χ3n) is 3.04. The summed E-state index contributed by atoms with van der Waals surface area (Å²) in [7, 11) is -1.85. The summed E-state index contributed by atoms with van der Waals surface area (Å²) in [5.41, 5.74) is 2.02. The number of nitrogens with zero attached hydrogens (tertiary/aromatic N) is 1. The molecule has 19 heavy (non-hydrogen) atoms. The molecule has 0 spiro atoms. The molecule has 0 amide bonds. The molecule has 1 aromatic carbocycles. The van der Waals surface area contributed by atoms with Crippen LogP contribution in [0.3, 0.4) is 0 Å². The number of sulfonamides is 1. The molecule has 1 N–H and O–H groups in total. The minimum absolute atomic E-state index is 0.0675. The monoisotopic (exact) mass is 280 g/mol. The van der Waals surface area contributed by atoms with E-state index in [-0.39, 0.29) is 12.1 Å². The molecule has 6 heteroatoms. The van der Waals surface area contributed by atoms with Crippen molar-refractivity contribution in [2.24, 2.45) is 0 Å². The molecule has 0 fully saturated rings. The van der Waals surface area contributed by atoms with Crippen molar-refractivity contribution < 1.29 is 8.42 Å². The van der Waals surface area contributed by atoms with E-state index < -0.39 is 10.0 Å². The maximum atomic E-state index is 11.9. The first-order valence-corrected chi connectivity index (χ1v) is 7.66. The lowest BCUT2D eigenvalue weighted by atomic mass is 10.1. The van der Waals surface area contributed by atoms with Gasteiger partial charge in [-0.15, -0.1) is 0 Å². The summed E-state index contributed by atoms with van der Waals surface area (Å²) in [4.78, 5) is 14.7. The molecule has 0 saturated heterocycles. The number of hydrogen-bond acceptors (Lipinski definition) is 3. The molecule has 1 heterocycles. The summed E-state index contributed by atoms with van der Waals surface area (Å²) in [6.45, 7) is 2.03. The number of aromatic nitrogens is 1. The van der Waals surface area contributed by atoms with Gasteiger partial charge in [0, 0.05) is 24.7 Å². The van der Waals surface area contributed by atoms with Crippen molar-refractivity contribution in [3.63, 3.8) is 0 Å². The van der Waals surface area contributed by atoms with Gasteiger partial charge in [-0.3, -0.25) is 4.79 Å². The molecule has 5 nitrogen and oxygen atoms in total. The van der Waals surface area contributed by atoms with Crippen molar-refractivity contribution in [1.82, 2.24) is 9.29 Å². The van der Waals surface area contributed by atoms with E-state index in [1.807, 2.05) is 25.1 Å². The molecule has 1 aromatic heterocycles. The largest absolute Gasteiger partial charge is 0.322 e. The molecule has 2 rings (SSSR count). The van der Waals surface area contributed by atoms with Gasteiger partial charge < -0.3 is 4.98 Å². The maximum absolute atomic E-state index is 11.9. The van der Waals surface area contributed by atoms with Crippen LogP contribution in [0, 0.1) is 6.92 Å². The van der Waals surface area contributed by atoms with E-state index in [0.717, 1.165) is 27.0 Å². The quantitative estimate of drug-likeness (QED) is 0.919. The van der Waals surface area contributed by atoms with Gasteiger partial charge in [0.2, 0.25) is 10.0 Å². The lowest BCUT2D eigenvalue weighted by Crippen LogP contribution is -2.28. The Bertz CT molecular complexity index is 778. The lowest BCUT2D eigenvalue weighted by molar-refractivity contribution is 0.471. The average molecular weight is 280 g/mol. The summed E-state index contributed by atoms with van der Waals surface area (Å²) < 4.78 is 23.9. The topological polar surface area (TPSA) is 70.2 Å². The number of aryl methyl sites for hydroxylation is 1. The summed E-state index contributed by atoms with van der Waals surface area (Å²) in [5.74, 6) is 0. The lowest BCUT2D eigenvalue weighted by Gasteiger charge is -2.13. The van der Waals surface area contributed by atoms with Gasteiger partial charge in [-0.25, -0.2) is 12.7 Å². The molecule has 0 aliphatic carbocycles. The molecule has 0 aliphatic heterocycles. The molecule has 0 bridgehead atoms. The Balaban J connectivity index is 2.49. The molecule has 0 atom stereocenters. The van der Waals surface area contributed by atoms with Crippen molar-refractivity contribution in [3.05, 3.63) is 45.7 Å². The number of aromatic amines is 1. The highest BCUT2D eigenvalue weighted by atomic mass is 32.2. The number of H-pyrrole nitrogens is 1. The van der Waals surface area contributed by atoms with Crippen LogP contribution >= 0.6 is 0 Å². The van der Waals surface area contributed by atoms with Gasteiger partial charge in [-0.1, -0.05) is 11.6 Å². The minimum atomic E-state index is -3.30. The number of rotatable bonds is 3. The van der Waals surface area contributed by atoms with Crippen LogP contribution in [0.15, 0.2) is 29.1 Å². The maximum Gasteiger partial charge on any atom is 0.252 e. The van der Waals surface area contributed by atoms with Crippen LogP contribution in [0.25, 0.3) is 10.9 Å². The Morgan fingerprint density at radius 3 is 2.58 bits per heavy atom. The normalized spacial score (nSPS) is 12.2. The second kappa shape index (κ2) is 4.79. The number of fused-ring (bicyclic) bond motifs is 1. The Kier molecular flexibility index (Phi) is 3.47. The van der Waals surface area contributed by atoms with Crippen LogP contribution < -0.4 is 5.56 Å². The summed E-state index contributed by atoms with van der Waals surface area (Å²) >= 11 is 0. The fourth-order valence-electron chi connectivity index (χ4n) is 1.85. The predicted octanol–water partition coefficient (Wildman–Crippen LogP) is 1.23. The van der Waals surface area contributed by atoms with E-state index in [4.69, 9.17) is 0 Å². The first kappa shape index (κ1) is 13.8. The van der Waals surface area contributed by atoms with Crippen molar-refractivity contribution in [3.8, 4) is 0 Å². The Labute approximate surface area is 111 Å². The zero-order valence-corrected chi connectivity index (χ0v) is 11.9. The van der Waals surface area contributed by atoms with E-state index in [1.165, 1.54) is 7.05 Å². The van der Waals surface area contributed by atoms with Crippen LogP contribution in [0.4, 0.5) is 0 Å². The molecular weight excluding hydrogens is 264 g/mol. The summed E-state index contributed by atoms with van der Waals surface area (Å²) in [5, 5.41) is 0.900. The standard InChI is InChI=1S/C13H16N2O3S/c1-9-4-5-12-10(6-9)7-11(13(16)14-12)8-15(2)19(3,17)18/h4-7H,8H2,1-3H3,(H,14,16). The Hall–Kier alpha value is -1.66. The van der Waals surface area contributed by atoms with Crippen LogP contribution in [-0.2, 0) is 16.6 Å². The zero-order chi connectivity index (χ0) is 14.2. The van der Waals surface area contributed by atoms with Gasteiger partial charge in [-0.05, 0) is 30.5 Å². The Morgan fingerprint density at radius 1 is 1.26 bits per heavy atom. The highest BCUT2D eigenvalue weighted by Gasteiger charge is 2.13. The molecule has 0 saturated carbocycles. The van der Waals surface area contributed by atoms with E-state index in [1.54, 1.807) is 6.07 Å². The predicted molar refractivity (Wildman–Crippen MR) is 75.6 cm³/mol. The van der Waals surface area contributed by atoms with E-state index in [2.05, 4.69) is 4.98 Å². The first-order valence-electron chi connectivity index (χ1n) is 5.81. The zero-order valence-electron chi connectivity index (χ0n) is 11.1. The van der Waals surface area contributed by atoms with Gasteiger partial charge in [0.25, 0.3) is 5.56 Å². The SMILES string of the molecule is Cc1ccc2[nH]c(=O)c(CN(C)S(C)(=O)=O)cc2c1. The number of nitrogens with one attached hydrogen (secondary N) is 1. The molecule has 102 valence electrons. The van der Waals surface area contributed by atoms with Gasteiger partial charge in [0.05, 0.1) is 6.26 Å². The van der Waals surface area contributed by atoms with Crippen LogP contribution in [0.5, 0.6) is 0 Å². The van der Waals surface area contributed by atoms with Crippen molar-refractivity contribution in [1.29, 1.82) is 0 Å². The second-order valence-corrected chi connectivity index (χ2v) is 6.82. The first-order chi connectivity index (χ1) is 8.77. The fourth-order valence-corrected chi connectivity index (χ4v) is 2.22. The van der Waals surface area contributed by atoms with Crippen molar-refractivity contribution >= 4 is 20.9 Å². The fraction of sp³-hybridized carbons (Fsp3) is 0.308. The molecule has 0 radical (unpaired) electrons. The third-order valence-corrected chi connectivity index (χ3v) is 4.30. The van der Waals surface area contributed by atoms with E-state index >= 15 is 0 Å². The highest BCUT2D eigenvalue weighted by Crippen LogP contribution is 2.14. The van der Waals surface area contributed by atoms with Crippen LogP contribution in [0.1, 0.15) is 11.1 Å². The van der Waals surface area contributed by atoms with Gasteiger partial charge in [-0.2, -0.15) is 0 Å². The smallest absolute Gasteiger partial charge is 0.252 e. The number of benzene rings is 1. The molecule has 0 unspecified atom stereocenters. The molecule has 0 aliphatic rings. The second-order valence-electron chi connectivity index (χ2n) is 4.73. The molecular formula is C13H16N2O3S. The number of pyridine rings is 1. The van der Waals surface area contributed by atoms with Crippen LogP contribution in [0.2, 0.25) is 0 Å². The van der Waals surface area contributed by atoms with Crippen molar-refractivity contribution in [2.45, 2.75) is 13.5 Å². The van der Waals surface area contributed by atoms with Crippen LogP contribution in [-0.4, -0.2) is 31.0 Å². The van der Waals surface area contributed by atoms with Gasteiger partial charge in [0.1, 0.15) is 0 Å². The number of hydrogen-bond donors (Lipinski definition) is 1. The van der Waals surface area contributed by atoms with Gasteiger partial charge >= 0.3 is 0 Å². The van der Waals surface area contributed by atoms with Crippen molar-refractivity contribution in [2.75, 3.05) is 13.3 Å². The third kappa shape index (κ3) is 3.02.